The van der Waals surface area contributed by atoms with Gasteiger partial charge in [-0.2, -0.15) is 0 Å². The molecule has 2 aliphatic heterocycles. The van der Waals surface area contributed by atoms with Crippen molar-refractivity contribution in [1.82, 2.24) is 15.1 Å². The summed E-state index contributed by atoms with van der Waals surface area (Å²) in [6.45, 7) is 8.05. The number of hydrogen-bond acceptors (Lipinski definition) is 4. The fourth-order valence-corrected chi connectivity index (χ4v) is 3.93. The van der Waals surface area contributed by atoms with Crippen LogP contribution in [0.1, 0.15) is 18.2 Å². The van der Waals surface area contributed by atoms with Gasteiger partial charge < -0.3 is 19.4 Å². The van der Waals surface area contributed by atoms with Gasteiger partial charge in [0, 0.05) is 32.7 Å². The van der Waals surface area contributed by atoms with Crippen molar-refractivity contribution in [2.24, 2.45) is 4.99 Å². The van der Waals surface area contributed by atoms with Crippen LogP contribution in [-0.2, 0) is 17.8 Å². The number of nitrogens with zero attached hydrogens (tertiary/aromatic N) is 3. The molecule has 0 aliphatic carbocycles. The van der Waals surface area contributed by atoms with E-state index >= 15 is 0 Å². The molecule has 0 spiro atoms. The third-order valence-corrected chi connectivity index (χ3v) is 5.24. The van der Waals surface area contributed by atoms with Gasteiger partial charge in [0.15, 0.2) is 5.96 Å². The highest BCUT2D eigenvalue weighted by molar-refractivity contribution is 5.80. The normalized spacial score (nSPS) is 23.4. The van der Waals surface area contributed by atoms with E-state index in [2.05, 4.69) is 52.4 Å². The van der Waals surface area contributed by atoms with E-state index in [1.165, 1.54) is 5.56 Å². The second-order valence-electron chi connectivity index (χ2n) is 7.09. The molecule has 6 nitrogen and oxygen atoms in total. The maximum atomic E-state index is 6.09. The summed E-state index contributed by atoms with van der Waals surface area (Å²) in [5.41, 5.74) is 1.36. The highest BCUT2D eigenvalue weighted by Crippen LogP contribution is 2.24. The summed E-state index contributed by atoms with van der Waals surface area (Å²) >= 11 is 0. The third-order valence-electron chi connectivity index (χ3n) is 5.24. The van der Waals surface area contributed by atoms with Crippen molar-refractivity contribution in [2.45, 2.75) is 32.2 Å². The van der Waals surface area contributed by atoms with Crippen molar-refractivity contribution in [2.75, 3.05) is 32.8 Å². The first kappa shape index (κ1) is 18.1. The van der Waals surface area contributed by atoms with E-state index < -0.39 is 0 Å². The Hall–Kier alpha value is -2.31. The second kappa shape index (κ2) is 8.59. The predicted octanol–water partition coefficient (Wildman–Crippen LogP) is 2.33. The van der Waals surface area contributed by atoms with Crippen molar-refractivity contribution in [3.8, 4) is 0 Å². The zero-order chi connectivity index (χ0) is 18.5. The molecular formula is C21H28N4O2. The molecular weight excluding hydrogens is 340 g/mol. The van der Waals surface area contributed by atoms with Crippen LogP contribution in [-0.4, -0.2) is 60.7 Å². The van der Waals surface area contributed by atoms with Crippen LogP contribution in [0.4, 0.5) is 0 Å². The molecule has 2 aromatic rings. The zero-order valence-corrected chi connectivity index (χ0v) is 15.9. The standard InChI is InChI=1S/C21H28N4O2/c1-2-22-21(23-13-18-9-6-11-26-18)25-15-19-20(16-25)27-12-10-24(19)14-17-7-4-3-5-8-17/h3-9,11,19-20H,2,10,12-16H2,1H3,(H,22,23). The first-order chi connectivity index (χ1) is 13.3. The monoisotopic (exact) mass is 368 g/mol. The van der Waals surface area contributed by atoms with Gasteiger partial charge in [-0.3, -0.25) is 4.90 Å². The van der Waals surface area contributed by atoms with Crippen LogP contribution < -0.4 is 5.32 Å². The van der Waals surface area contributed by atoms with Gasteiger partial charge in [0.2, 0.25) is 0 Å². The highest BCUT2D eigenvalue weighted by Gasteiger charge is 2.41. The van der Waals surface area contributed by atoms with Gasteiger partial charge in [-0.25, -0.2) is 4.99 Å². The minimum Gasteiger partial charge on any atom is -0.467 e. The van der Waals surface area contributed by atoms with E-state index in [-0.39, 0.29) is 6.10 Å². The molecule has 144 valence electrons. The van der Waals surface area contributed by atoms with Crippen molar-refractivity contribution in [3.63, 3.8) is 0 Å². The van der Waals surface area contributed by atoms with Crippen molar-refractivity contribution < 1.29 is 9.15 Å². The third kappa shape index (κ3) is 4.34. The van der Waals surface area contributed by atoms with Crippen LogP contribution in [0.2, 0.25) is 0 Å². The van der Waals surface area contributed by atoms with E-state index in [4.69, 9.17) is 14.1 Å². The van der Waals surface area contributed by atoms with Crippen LogP contribution in [0.5, 0.6) is 0 Å². The molecule has 0 bridgehead atoms. The number of likely N-dealkylation sites (tertiary alicyclic amines) is 1. The molecule has 2 aliphatic rings. The molecule has 27 heavy (non-hydrogen) atoms. The maximum absolute atomic E-state index is 6.09. The van der Waals surface area contributed by atoms with Crippen LogP contribution in [0.15, 0.2) is 58.1 Å². The second-order valence-corrected chi connectivity index (χ2v) is 7.09. The summed E-state index contributed by atoms with van der Waals surface area (Å²) in [5, 5.41) is 3.42. The molecule has 2 fully saturated rings. The summed E-state index contributed by atoms with van der Waals surface area (Å²) in [7, 11) is 0. The number of furan rings is 1. The molecule has 1 aromatic heterocycles. The molecule has 2 atom stereocenters. The lowest BCUT2D eigenvalue weighted by Gasteiger charge is -2.36. The van der Waals surface area contributed by atoms with Crippen molar-refractivity contribution in [1.29, 1.82) is 0 Å². The Morgan fingerprint density at radius 1 is 1.19 bits per heavy atom. The SMILES string of the molecule is CCNC(=NCc1ccco1)N1CC2OCCN(Cc3ccccc3)C2C1. The molecule has 6 heteroatoms. The molecule has 1 aromatic carbocycles. The largest absolute Gasteiger partial charge is 0.467 e. The Morgan fingerprint density at radius 3 is 2.85 bits per heavy atom. The summed E-state index contributed by atoms with van der Waals surface area (Å²) in [6.07, 6.45) is 1.92. The Morgan fingerprint density at radius 2 is 2.07 bits per heavy atom. The molecule has 0 saturated carbocycles. The Balaban J connectivity index is 1.44. The van der Waals surface area contributed by atoms with Gasteiger partial charge >= 0.3 is 0 Å². The van der Waals surface area contributed by atoms with Gasteiger partial charge in [0.25, 0.3) is 0 Å². The Labute approximate surface area is 160 Å². The number of hydrogen-bond donors (Lipinski definition) is 1. The minimum absolute atomic E-state index is 0.231. The van der Waals surface area contributed by atoms with Gasteiger partial charge in [0.1, 0.15) is 12.3 Å². The van der Waals surface area contributed by atoms with Gasteiger partial charge in [-0.1, -0.05) is 30.3 Å². The fourth-order valence-electron chi connectivity index (χ4n) is 3.93. The molecule has 2 saturated heterocycles. The van der Waals surface area contributed by atoms with Gasteiger partial charge in [0.05, 0.1) is 25.0 Å². The number of guanidine groups is 1. The average Bonchev–Trinajstić information content (AvgIpc) is 3.36. The molecule has 0 amide bonds. The number of benzene rings is 1. The lowest BCUT2D eigenvalue weighted by molar-refractivity contribution is -0.0502. The number of rotatable bonds is 5. The Kier molecular flexibility index (Phi) is 5.75. The van der Waals surface area contributed by atoms with Crippen molar-refractivity contribution >= 4 is 5.96 Å². The molecule has 2 unspecified atom stereocenters. The number of aliphatic imine (C=N–C) groups is 1. The maximum Gasteiger partial charge on any atom is 0.194 e. The van der Waals surface area contributed by atoms with Crippen LogP contribution >= 0.6 is 0 Å². The molecule has 1 N–H and O–H groups in total. The number of ether oxygens (including phenoxy) is 1. The lowest BCUT2D eigenvalue weighted by Crippen LogP contribution is -2.50. The average molecular weight is 368 g/mol. The van der Waals surface area contributed by atoms with Gasteiger partial charge in [-0.15, -0.1) is 0 Å². The summed E-state index contributed by atoms with van der Waals surface area (Å²) in [6, 6.07) is 14.9. The quantitative estimate of drug-likeness (QED) is 0.648. The number of nitrogens with one attached hydrogen (secondary N) is 1. The predicted molar refractivity (Wildman–Crippen MR) is 105 cm³/mol. The highest BCUT2D eigenvalue weighted by atomic mass is 16.5. The first-order valence-corrected chi connectivity index (χ1v) is 9.78. The lowest BCUT2D eigenvalue weighted by atomic mass is 10.1. The van der Waals surface area contributed by atoms with E-state index in [9.17, 15) is 0 Å². The number of morpholine rings is 1. The summed E-state index contributed by atoms with van der Waals surface area (Å²) in [4.78, 5) is 9.65. The molecule has 3 heterocycles. The first-order valence-electron chi connectivity index (χ1n) is 9.78. The van der Waals surface area contributed by atoms with E-state index in [1.54, 1.807) is 6.26 Å². The minimum atomic E-state index is 0.231. The fraction of sp³-hybridized carbons (Fsp3) is 0.476. The van der Waals surface area contributed by atoms with Gasteiger partial charge in [-0.05, 0) is 24.6 Å². The van der Waals surface area contributed by atoms with Crippen LogP contribution in [0.25, 0.3) is 0 Å². The summed E-state index contributed by atoms with van der Waals surface area (Å²) < 4.78 is 11.5. The number of fused-ring (bicyclic) bond motifs is 1. The van der Waals surface area contributed by atoms with Crippen LogP contribution in [0, 0.1) is 0 Å². The van der Waals surface area contributed by atoms with E-state index in [0.717, 1.165) is 51.1 Å². The molecule has 4 rings (SSSR count). The molecule has 0 radical (unpaired) electrons. The van der Waals surface area contributed by atoms with E-state index in [1.807, 2.05) is 12.1 Å². The zero-order valence-electron chi connectivity index (χ0n) is 15.9. The van der Waals surface area contributed by atoms with Crippen molar-refractivity contribution in [3.05, 3.63) is 60.1 Å². The van der Waals surface area contributed by atoms with Crippen LogP contribution in [0.3, 0.4) is 0 Å². The smallest absolute Gasteiger partial charge is 0.194 e. The topological polar surface area (TPSA) is 53.2 Å². The summed E-state index contributed by atoms with van der Waals surface area (Å²) in [5.74, 6) is 1.82. The Bertz CT molecular complexity index is 732. The van der Waals surface area contributed by atoms with E-state index in [0.29, 0.717) is 12.6 Å².